The van der Waals surface area contributed by atoms with Crippen LogP contribution in [0.3, 0.4) is 0 Å². The Bertz CT molecular complexity index is 503. The van der Waals surface area contributed by atoms with Gasteiger partial charge in [0.05, 0.1) is 17.7 Å². The standard InChI is InChI=1S/C15H17NO4/c1-2-3-8-13(17)20-10-9-16-14(18)11-6-4-5-7-12(11)15(16)19/h4-7H,2-3,8-10H2,1H3. The summed E-state index contributed by atoms with van der Waals surface area (Å²) in [5, 5.41) is 0. The minimum atomic E-state index is -0.324. The summed E-state index contributed by atoms with van der Waals surface area (Å²) < 4.78 is 5.02. The molecule has 5 nitrogen and oxygen atoms in total. The van der Waals surface area contributed by atoms with Crippen molar-refractivity contribution in [2.24, 2.45) is 0 Å². The smallest absolute Gasteiger partial charge is 0.305 e. The van der Waals surface area contributed by atoms with Crippen LogP contribution >= 0.6 is 0 Å². The van der Waals surface area contributed by atoms with Gasteiger partial charge in [0, 0.05) is 6.42 Å². The van der Waals surface area contributed by atoms with Crippen LogP contribution in [0.4, 0.5) is 0 Å². The van der Waals surface area contributed by atoms with Gasteiger partial charge >= 0.3 is 5.97 Å². The Balaban J connectivity index is 1.88. The molecule has 0 aromatic heterocycles. The van der Waals surface area contributed by atoms with Crippen LogP contribution in [0.25, 0.3) is 0 Å². The minimum Gasteiger partial charge on any atom is -0.464 e. The van der Waals surface area contributed by atoms with Gasteiger partial charge in [0.2, 0.25) is 0 Å². The molecule has 1 aliphatic rings. The van der Waals surface area contributed by atoms with Crippen LogP contribution in [0.1, 0.15) is 46.9 Å². The fourth-order valence-electron chi connectivity index (χ4n) is 2.09. The topological polar surface area (TPSA) is 63.7 Å². The van der Waals surface area contributed by atoms with Gasteiger partial charge in [0.1, 0.15) is 6.61 Å². The minimum absolute atomic E-state index is 0.0496. The van der Waals surface area contributed by atoms with Gasteiger partial charge in [-0.15, -0.1) is 0 Å². The molecule has 0 atom stereocenters. The van der Waals surface area contributed by atoms with Crippen LogP contribution < -0.4 is 0 Å². The Morgan fingerprint density at radius 1 is 1.15 bits per heavy atom. The molecule has 0 spiro atoms. The number of esters is 1. The maximum atomic E-state index is 12.0. The molecular weight excluding hydrogens is 258 g/mol. The molecule has 0 fully saturated rings. The highest BCUT2D eigenvalue weighted by atomic mass is 16.5. The van der Waals surface area contributed by atoms with E-state index in [1.807, 2.05) is 6.92 Å². The second-order valence-corrected chi connectivity index (χ2v) is 4.63. The van der Waals surface area contributed by atoms with E-state index in [1.54, 1.807) is 24.3 Å². The lowest BCUT2D eigenvalue weighted by Gasteiger charge is -2.13. The number of unbranched alkanes of at least 4 members (excludes halogenated alkanes) is 1. The first-order valence-corrected chi connectivity index (χ1v) is 6.76. The maximum Gasteiger partial charge on any atom is 0.305 e. The first kappa shape index (κ1) is 14.2. The molecule has 20 heavy (non-hydrogen) atoms. The summed E-state index contributed by atoms with van der Waals surface area (Å²) in [4.78, 5) is 36.5. The van der Waals surface area contributed by atoms with E-state index in [0.29, 0.717) is 17.5 Å². The molecule has 0 aliphatic carbocycles. The van der Waals surface area contributed by atoms with Gasteiger partial charge in [-0.05, 0) is 18.6 Å². The van der Waals surface area contributed by atoms with Gasteiger partial charge in [-0.3, -0.25) is 19.3 Å². The quantitative estimate of drug-likeness (QED) is 0.588. The number of hydrogen-bond donors (Lipinski definition) is 0. The highest BCUT2D eigenvalue weighted by Gasteiger charge is 2.34. The SMILES string of the molecule is CCCCC(=O)OCCN1C(=O)c2ccccc2C1=O. The number of amides is 2. The van der Waals surface area contributed by atoms with Crippen LogP contribution in [0.15, 0.2) is 24.3 Å². The lowest BCUT2D eigenvalue weighted by atomic mass is 10.1. The Hall–Kier alpha value is -2.17. The van der Waals surface area contributed by atoms with Gasteiger partial charge in [-0.25, -0.2) is 0 Å². The summed E-state index contributed by atoms with van der Waals surface area (Å²) in [5.74, 6) is -0.936. The summed E-state index contributed by atoms with van der Waals surface area (Å²) in [7, 11) is 0. The number of nitrogens with zero attached hydrogens (tertiary/aromatic N) is 1. The predicted molar refractivity (Wildman–Crippen MR) is 72.3 cm³/mol. The van der Waals surface area contributed by atoms with Crippen LogP contribution in [-0.2, 0) is 9.53 Å². The molecule has 1 aromatic carbocycles. The van der Waals surface area contributed by atoms with Crippen LogP contribution in [0, 0.1) is 0 Å². The molecule has 0 saturated carbocycles. The van der Waals surface area contributed by atoms with Crippen molar-refractivity contribution in [1.29, 1.82) is 0 Å². The summed E-state index contributed by atoms with van der Waals surface area (Å²) in [6.45, 7) is 2.14. The second kappa shape index (κ2) is 6.32. The third-order valence-corrected chi connectivity index (χ3v) is 3.19. The Kier molecular flexibility index (Phi) is 4.50. The van der Waals surface area contributed by atoms with Crippen molar-refractivity contribution >= 4 is 17.8 Å². The first-order valence-electron chi connectivity index (χ1n) is 6.76. The molecule has 0 saturated heterocycles. The molecule has 0 N–H and O–H groups in total. The normalized spacial score (nSPS) is 13.6. The number of hydrogen-bond acceptors (Lipinski definition) is 4. The number of imide groups is 1. The molecule has 0 bridgehead atoms. The average Bonchev–Trinajstić information content (AvgIpc) is 2.70. The molecule has 106 valence electrons. The van der Waals surface area contributed by atoms with Crippen molar-refractivity contribution in [3.63, 3.8) is 0 Å². The van der Waals surface area contributed by atoms with Crippen molar-refractivity contribution in [2.45, 2.75) is 26.2 Å². The van der Waals surface area contributed by atoms with E-state index < -0.39 is 0 Å². The number of ether oxygens (including phenoxy) is 1. The van der Waals surface area contributed by atoms with Crippen LogP contribution in [-0.4, -0.2) is 35.8 Å². The average molecular weight is 275 g/mol. The van der Waals surface area contributed by atoms with E-state index in [1.165, 1.54) is 0 Å². The number of benzene rings is 1. The van der Waals surface area contributed by atoms with Crippen molar-refractivity contribution in [3.8, 4) is 0 Å². The number of carbonyl (C=O) groups excluding carboxylic acids is 3. The van der Waals surface area contributed by atoms with E-state index in [9.17, 15) is 14.4 Å². The zero-order chi connectivity index (χ0) is 14.5. The van der Waals surface area contributed by atoms with Crippen molar-refractivity contribution in [1.82, 2.24) is 4.90 Å². The molecule has 2 amide bonds. The molecule has 0 radical (unpaired) electrons. The van der Waals surface area contributed by atoms with Gasteiger partial charge in [-0.2, -0.15) is 0 Å². The lowest BCUT2D eigenvalue weighted by molar-refractivity contribution is -0.143. The summed E-state index contributed by atoms with van der Waals surface area (Å²) in [6, 6.07) is 6.70. The van der Waals surface area contributed by atoms with E-state index in [-0.39, 0.29) is 30.9 Å². The molecule has 1 aliphatic heterocycles. The molecule has 0 unspecified atom stereocenters. The predicted octanol–water partition coefficient (Wildman–Crippen LogP) is 2.02. The lowest BCUT2D eigenvalue weighted by Crippen LogP contribution is -2.33. The number of rotatable bonds is 6. The Morgan fingerprint density at radius 2 is 1.75 bits per heavy atom. The molecule has 1 aromatic rings. The molecule has 5 heteroatoms. The Labute approximate surface area is 117 Å². The highest BCUT2D eigenvalue weighted by Crippen LogP contribution is 2.21. The van der Waals surface area contributed by atoms with E-state index in [4.69, 9.17) is 4.74 Å². The zero-order valence-electron chi connectivity index (χ0n) is 11.4. The first-order chi connectivity index (χ1) is 9.65. The molecule has 2 rings (SSSR count). The third kappa shape index (κ3) is 2.87. The van der Waals surface area contributed by atoms with Crippen molar-refractivity contribution in [2.75, 3.05) is 13.2 Å². The number of carbonyl (C=O) groups is 3. The van der Waals surface area contributed by atoms with E-state index in [0.717, 1.165) is 17.7 Å². The van der Waals surface area contributed by atoms with Gasteiger partial charge < -0.3 is 4.74 Å². The third-order valence-electron chi connectivity index (χ3n) is 3.19. The van der Waals surface area contributed by atoms with Crippen molar-refractivity contribution in [3.05, 3.63) is 35.4 Å². The largest absolute Gasteiger partial charge is 0.464 e. The van der Waals surface area contributed by atoms with Gasteiger partial charge in [-0.1, -0.05) is 25.5 Å². The van der Waals surface area contributed by atoms with Crippen molar-refractivity contribution < 1.29 is 19.1 Å². The highest BCUT2D eigenvalue weighted by molar-refractivity contribution is 6.21. The zero-order valence-corrected chi connectivity index (χ0v) is 11.4. The summed E-state index contributed by atoms with van der Waals surface area (Å²) >= 11 is 0. The fourth-order valence-corrected chi connectivity index (χ4v) is 2.09. The van der Waals surface area contributed by atoms with E-state index >= 15 is 0 Å². The molecule has 1 heterocycles. The number of fused-ring (bicyclic) bond motifs is 1. The van der Waals surface area contributed by atoms with Crippen LogP contribution in [0.2, 0.25) is 0 Å². The molecular formula is C15H17NO4. The van der Waals surface area contributed by atoms with Gasteiger partial charge in [0.15, 0.2) is 0 Å². The monoisotopic (exact) mass is 275 g/mol. The fraction of sp³-hybridized carbons (Fsp3) is 0.400. The Morgan fingerprint density at radius 3 is 2.30 bits per heavy atom. The summed E-state index contributed by atoms with van der Waals surface area (Å²) in [6.07, 6.45) is 2.08. The second-order valence-electron chi connectivity index (χ2n) is 4.63. The van der Waals surface area contributed by atoms with E-state index in [2.05, 4.69) is 0 Å². The van der Waals surface area contributed by atoms with Crippen LogP contribution in [0.5, 0.6) is 0 Å². The maximum absolute atomic E-state index is 12.0. The summed E-state index contributed by atoms with van der Waals surface area (Å²) in [5.41, 5.74) is 0.824. The van der Waals surface area contributed by atoms with Gasteiger partial charge in [0.25, 0.3) is 11.8 Å².